The average Bonchev–Trinajstić information content (AvgIpc) is 2.72. The smallest absolute Gasteiger partial charge is 0.490 e. The molecule has 0 aromatic heterocycles. The summed E-state index contributed by atoms with van der Waals surface area (Å²) in [7, 11) is 0. The van der Waals surface area contributed by atoms with E-state index in [1.165, 1.54) is 82.6 Å². The zero-order chi connectivity index (χ0) is 18.5. The van der Waals surface area contributed by atoms with Crippen LogP contribution in [0, 0.1) is 30.0 Å². The first-order chi connectivity index (χ1) is 13.3. The average molecular weight is 457 g/mol. The molecule has 1 aliphatic heterocycles. The summed E-state index contributed by atoms with van der Waals surface area (Å²) in [6.07, 6.45) is 21.7. The van der Waals surface area contributed by atoms with Gasteiger partial charge in [-0.2, -0.15) is 12.8 Å². The Hall–Kier alpha value is 0.755. The van der Waals surface area contributed by atoms with Crippen molar-refractivity contribution in [3.63, 3.8) is 0 Å². The minimum absolute atomic E-state index is 0. The first kappa shape index (κ1) is 23.4. The van der Waals surface area contributed by atoms with Crippen molar-refractivity contribution in [2.75, 3.05) is 0 Å². The molecule has 2 saturated carbocycles. The number of unbranched alkanes of at least 4 members (excludes halogenated alkanes) is 1. The molecule has 0 radical (unpaired) electrons. The topological polar surface area (TPSA) is 9.23 Å². The fourth-order valence-electron chi connectivity index (χ4n) is 5.70. The Kier molecular flexibility index (Phi) is 10.0. The van der Waals surface area contributed by atoms with Crippen LogP contribution in [0.3, 0.4) is 0 Å². The fourth-order valence-corrected chi connectivity index (χ4v) is 5.70. The van der Waals surface area contributed by atoms with Gasteiger partial charge < -0.3 is 11.2 Å². The molecule has 3 aliphatic rings. The monoisotopic (exact) mass is 456 g/mol. The van der Waals surface area contributed by atoms with E-state index < -0.39 is 0 Å². The Bertz CT molecular complexity index is 590. The zero-order valence-corrected chi connectivity index (χ0v) is 22.7. The summed E-state index contributed by atoms with van der Waals surface area (Å²) in [5.74, 6) is 3.26. The molecular weight excluding hydrogens is 421 g/mol. The molecule has 1 aromatic rings. The maximum atomic E-state index is 13.5. The predicted octanol–water partition coefficient (Wildman–Crippen LogP) is 4.28. The molecule has 3 heteroatoms. The quantitative estimate of drug-likeness (QED) is 0.458. The number of fused-ring (bicyclic) bond motifs is 1. The predicted molar refractivity (Wildman–Crippen MR) is 109 cm³/mol. The van der Waals surface area contributed by atoms with Crippen molar-refractivity contribution in [1.29, 1.82) is 0 Å². The molecule has 1 unspecified atom stereocenters. The van der Waals surface area contributed by atoms with E-state index in [0.717, 1.165) is 30.4 Å². The molecule has 2 fully saturated rings. The van der Waals surface area contributed by atoms with Gasteiger partial charge in [0.2, 0.25) is 0 Å². The minimum Gasteiger partial charge on any atom is -0.490 e. The standard InChI is InChI=1S/C25H36FO.Rb/c26-23-16-14-22-15-17-24(27-25(22)18-23)21-12-10-20(11-13-21)9-5-4-8-19-6-2-1-3-7-19;/h1,14,16,18-21,24H,2-13,15,17H2;/q-1;+1. The second-order valence-electron chi connectivity index (χ2n) is 9.32. The van der Waals surface area contributed by atoms with Crippen molar-refractivity contribution in [2.45, 2.75) is 96.0 Å². The third kappa shape index (κ3) is 6.63. The molecule has 1 nitrogen and oxygen atoms in total. The Morgan fingerprint density at radius 2 is 1.57 bits per heavy atom. The molecule has 2 aliphatic carbocycles. The van der Waals surface area contributed by atoms with Crippen molar-refractivity contribution in [1.82, 2.24) is 0 Å². The van der Waals surface area contributed by atoms with Gasteiger partial charge in [-0.05, 0) is 55.1 Å². The van der Waals surface area contributed by atoms with E-state index in [2.05, 4.69) is 6.42 Å². The van der Waals surface area contributed by atoms with Crippen molar-refractivity contribution < 1.29 is 67.3 Å². The number of hydrogen-bond donors (Lipinski definition) is 0. The van der Waals surface area contributed by atoms with E-state index in [9.17, 15) is 4.39 Å². The first-order valence-electron chi connectivity index (χ1n) is 11.5. The summed E-state index contributed by atoms with van der Waals surface area (Å²) < 4.78 is 19.7. The van der Waals surface area contributed by atoms with Crippen LogP contribution in [-0.4, -0.2) is 6.10 Å². The van der Waals surface area contributed by atoms with Crippen LogP contribution in [0.15, 0.2) is 18.2 Å². The number of benzene rings is 1. The maximum Gasteiger partial charge on any atom is 1.00 e. The van der Waals surface area contributed by atoms with Crippen molar-refractivity contribution in [2.24, 2.45) is 17.8 Å². The van der Waals surface area contributed by atoms with Crippen LogP contribution in [0.1, 0.15) is 89.0 Å². The molecule has 0 saturated heterocycles. The van der Waals surface area contributed by atoms with E-state index in [-0.39, 0.29) is 64.0 Å². The molecule has 0 amide bonds. The number of halogens is 1. The van der Waals surface area contributed by atoms with Gasteiger partial charge in [-0.25, -0.2) is 4.39 Å². The van der Waals surface area contributed by atoms with E-state index in [1.54, 1.807) is 12.1 Å². The summed E-state index contributed by atoms with van der Waals surface area (Å²) in [5, 5.41) is 0. The second-order valence-corrected chi connectivity index (χ2v) is 9.32. The van der Waals surface area contributed by atoms with Crippen molar-refractivity contribution in [3.05, 3.63) is 36.0 Å². The Balaban J connectivity index is 0.00000225. The largest absolute Gasteiger partial charge is 1.00 e. The van der Waals surface area contributed by atoms with Gasteiger partial charge in [0.25, 0.3) is 0 Å². The number of hydrogen-bond acceptors (Lipinski definition) is 1. The van der Waals surface area contributed by atoms with E-state index >= 15 is 0 Å². The normalized spacial score (nSPS) is 28.1. The molecule has 150 valence electrons. The van der Waals surface area contributed by atoms with Crippen LogP contribution >= 0.6 is 0 Å². The third-order valence-electron chi connectivity index (χ3n) is 7.46. The van der Waals surface area contributed by atoms with Crippen LogP contribution in [0.2, 0.25) is 0 Å². The zero-order valence-electron chi connectivity index (χ0n) is 17.8. The van der Waals surface area contributed by atoms with Gasteiger partial charge in [0.05, 0.1) is 0 Å². The Labute approximate surface area is 220 Å². The van der Waals surface area contributed by atoms with E-state index in [1.807, 2.05) is 6.07 Å². The molecule has 1 heterocycles. The number of rotatable bonds is 6. The van der Waals surface area contributed by atoms with Crippen LogP contribution in [0.4, 0.5) is 4.39 Å². The molecule has 0 bridgehead atoms. The molecule has 1 aromatic carbocycles. The summed E-state index contributed by atoms with van der Waals surface area (Å²) in [6, 6.07) is 5.03. The number of ether oxygens (including phenoxy) is 1. The fraction of sp³-hybridized carbons (Fsp3) is 0.720. The summed E-state index contributed by atoms with van der Waals surface area (Å²) >= 11 is 0. The van der Waals surface area contributed by atoms with Gasteiger partial charge in [-0.15, -0.1) is 0 Å². The third-order valence-corrected chi connectivity index (χ3v) is 7.46. The molecule has 28 heavy (non-hydrogen) atoms. The number of aryl methyl sites for hydroxylation is 1. The molecule has 1 atom stereocenters. The van der Waals surface area contributed by atoms with E-state index in [0.29, 0.717) is 12.0 Å². The van der Waals surface area contributed by atoms with Gasteiger partial charge >= 0.3 is 58.2 Å². The Morgan fingerprint density at radius 1 is 0.893 bits per heavy atom. The van der Waals surface area contributed by atoms with E-state index in [4.69, 9.17) is 4.74 Å². The molecule has 0 spiro atoms. The van der Waals surface area contributed by atoms with Crippen LogP contribution in [0.25, 0.3) is 0 Å². The summed E-state index contributed by atoms with van der Waals surface area (Å²) in [5.41, 5.74) is 1.18. The van der Waals surface area contributed by atoms with Crippen molar-refractivity contribution in [3.8, 4) is 5.75 Å². The van der Waals surface area contributed by atoms with Crippen LogP contribution in [-0.2, 0) is 6.42 Å². The van der Waals surface area contributed by atoms with Gasteiger partial charge in [-0.1, -0.05) is 57.4 Å². The molecule has 0 N–H and O–H groups in total. The van der Waals surface area contributed by atoms with Gasteiger partial charge in [0.1, 0.15) is 17.7 Å². The minimum atomic E-state index is -0.176. The summed E-state index contributed by atoms with van der Waals surface area (Å²) in [4.78, 5) is 0. The second kappa shape index (κ2) is 12.0. The summed E-state index contributed by atoms with van der Waals surface area (Å²) in [6.45, 7) is 0. The molecule has 4 rings (SSSR count). The maximum absolute atomic E-state index is 13.5. The van der Waals surface area contributed by atoms with Crippen LogP contribution < -0.4 is 62.9 Å². The van der Waals surface area contributed by atoms with Gasteiger partial charge in [0, 0.05) is 6.07 Å². The molecular formula is C25H36FORb. The van der Waals surface area contributed by atoms with Crippen molar-refractivity contribution >= 4 is 0 Å². The van der Waals surface area contributed by atoms with Crippen LogP contribution in [0.5, 0.6) is 5.75 Å². The SMILES string of the molecule is Fc1ccc2c(c1)OC(C1CCC(CCCCC3CC[CH-]CC3)CC1)CC2.[Rb+]. The van der Waals surface area contributed by atoms with Gasteiger partial charge in [-0.3, -0.25) is 0 Å². The first-order valence-corrected chi connectivity index (χ1v) is 11.5. The Morgan fingerprint density at radius 3 is 2.29 bits per heavy atom. The van der Waals surface area contributed by atoms with Gasteiger partial charge in [0.15, 0.2) is 0 Å².